The molecule has 4 N–H and O–H groups in total. The largest absolute Gasteiger partial charge is 0.369 e. The van der Waals surface area contributed by atoms with Crippen molar-refractivity contribution in [3.8, 4) is 11.1 Å². The molecule has 2 heterocycles. The predicted molar refractivity (Wildman–Crippen MR) is 151 cm³/mol. The summed E-state index contributed by atoms with van der Waals surface area (Å²) in [5.74, 6) is 1.28. The van der Waals surface area contributed by atoms with Crippen molar-refractivity contribution in [2.75, 3.05) is 27.7 Å². The van der Waals surface area contributed by atoms with E-state index in [9.17, 15) is 12.6 Å². The Morgan fingerprint density at radius 3 is 2.53 bits per heavy atom. The van der Waals surface area contributed by atoms with Gasteiger partial charge in [0, 0.05) is 40.3 Å². The SMILES string of the molecule is Cc1ccc(S(=O)(=O)Nc2ccc(-c3cnc4nc3NCCCCS(=N)(=O)c3cccc(c3)N4)cc2)cc1. The average Bonchev–Trinajstić information content (AvgIpc) is 2.89. The van der Waals surface area contributed by atoms with Gasteiger partial charge in [-0.15, -0.1) is 0 Å². The molecule has 0 radical (unpaired) electrons. The van der Waals surface area contributed by atoms with Crippen LogP contribution in [0.2, 0.25) is 0 Å². The molecule has 0 aliphatic carbocycles. The van der Waals surface area contributed by atoms with Crippen molar-refractivity contribution in [2.45, 2.75) is 29.6 Å². The monoisotopic (exact) mass is 548 g/mol. The van der Waals surface area contributed by atoms with E-state index >= 15 is 0 Å². The molecule has 9 nitrogen and oxygen atoms in total. The number of nitrogens with one attached hydrogen (secondary N) is 4. The summed E-state index contributed by atoms with van der Waals surface area (Å²) >= 11 is 0. The molecule has 38 heavy (non-hydrogen) atoms. The standard InChI is InChI=1S/C27H28N6O3S2/c1-19-7-13-23(14-8-19)38(35,36)33-21-11-9-20(10-12-21)25-18-30-27-31-22-5-4-6-24(17-22)37(28,34)16-3-2-15-29-26(25)32-27/h4-14,17-18,28,33H,2-3,15-16H2,1H3,(H2,29,30,31,32). The highest BCUT2D eigenvalue weighted by Gasteiger charge is 2.16. The Balaban J connectivity index is 1.41. The van der Waals surface area contributed by atoms with E-state index in [-0.39, 0.29) is 10.6 Å². The summed E-state index contributed by atoms with van der Waals surface area (Å²) in [5.41, 5.74) is 3.67. The summed E-state index contributed by atoms with van der Waals surface area (Å²) in [5, 5.41) is 6.49. The lowest BCUT2D eigenvalue weighted by Gasteiger charge is -2.14. The molecule has 4 bridgehead atoms. The van der Waals surface area contributed by atoms with Gasteiger partial charge in [0.05, 0.1) is 14.6 Å². The highest BCUT2D eigenvalue weighted by molar-refractivity contribution is 7.93. The van der Waals surface area contributed by atoms with Gasteiger partial charge in [0.15, 0.2) is 0 Å². The number of fused-ring (bicyclic) bond motifs is 4. The van der Waals surface area contributed by atoms with Crippen LogP contribution in [0.15, 0.2) is 88.8 Å². The Morgan fingerprint density at radius 1 is 1.00 bits per heavy atom. The third-order valence-corrected chi connectivity index (χ3v) is 9.47. The fourth-order valence-corrected chi connectivity index (χ4v) is 6.62. The highest BCUT2D eigenvalue weighted by Crippen LogP contribution is 2.30. The summed E-state index contributed by atoms with van der Waals surface area (Å²) in [6, 6.07) is 20.8. The number of aryl methyl sites for hydroxylation is 1. The first kappa shape index (κ1) is 25.7. The number of rotatable bonds is 4. The van der Waals surface area contributed by atoms with Crippen LogP contribution in [0.25, 0.3) is 11.1 Å². The van der Waals surface area contributed by atoms with E-state index in [1.807, 2.05) is 25.1 Å². The van der Waals surface area contributed by atoms with E-state index in [0.717, 1.165) is 23.1 Å². The van der Waals surface area contributed by atoms with Crippen LogP contribution in [0.1, 0.15) is 18.4 Å². The van der Waals surface area contributed by atoms with E-state index in [0.29, 0.717) is 41.0 Å². The topological polar surface area (TPSA) is 137 Å². The molecular formula is C27H28N6O3S2. The maximum Gasteiger partial charge on any atom is 0.261 e. The molecule has 4 aromatic rings. The fourth-order valence-electron chi connectivity index (χ4n) is 4.10. The molecule has 0 spiro atoms. The van der Waals surface area contributed by atoms with Crippen LogP contribution in [0.4, 0.5) is 23.1 Å². The quantitative estimate of drug-likeness (QED) is 0.260. The van der Waals surface area contributed by atoms with E-state index < -0.39 is 19.8 Å². The number of sulfonamides is 1. The highest BCUT2D eigenvalue weighted by atomic mass is 32.2. The van der Waals surface area contributed by atoms with Crippen molar-refractivity contribution >= 4 is 42.9 Å². The van der Waals surface area contributed by atoms with Gasteiger partial charge in [-0.25, -0.2) is 22.4 Å². The van der Waals surface area contributed by atoms with Crippen molar-refractivity contribution in [3.05, 3.63) is 84.6 Å². The minimum atomic E-state index is -3.70. The van der Waals surface area contributed by atoms with Crippen LogP contribution in [0.5, 0.6) is 0 Å². The molecule has 1 aliphatic heterocycles. The molecule has 3 aromatic carbocycles. The second-order valence-corrected chi connectivity index (χ2v) is 13.0. The normalized spacial score (nSPS) is 17.6. The van der Waals surface area contributed by atoms with Crippen LogP contribution in [0, 0.1) is 11.7 Å². The van der Waals surface area contributed by atoms with E-state index in [1.54, 1.807) is 60.8 Å². The maximum absolute atomic E-state index is 12.9. The molecule has 11 heteroatoms. The second kappa shape index (κ2) is 10.4. The average molecular weight is 549 g/mol. The first-order valence-corrected chi connectivity index (χ1v) is 15.4. The van der Waals surface area contributed by atoms with Crippen LogP contribution >= 0.6 is 0 Å². The zero-order valence-corrected chi connectivity index (χ0v) is 22.4. The van der Waals surface area contributed by atoms with Crippen molar-refractivity contribution in [2.24, 2.45) is 0 Å². The van der Waals surface area contributed by atoms with E-state index in [1.165, 1.54) is 0 Å². The van der Waals surface area contributed by atoms with Gasteiger partial charge in [-0.1, -0.05) is 35.9 Å². The zero-order valence-electron chi connectivity index (χ0n) is 20.8. The first-order chi connectivity index (χ1) is 18.2. The molecule has 196 valence electrons. The summed E-state index contributed by atoms with van der Waals surface area (Å²) in [6.07, 6.45) is 3.07. The minimum absolute atomic E-state index is 0.200. The van der Waals surface area contributed by atoms with Gasteiger partial charge < -0.3 is 10.6 Å². The Hall–Kier alpha value is -3.96. The number of hydrogen-bond acceptors (Lipinski definition) is 8. The van der Waals surface area contributed by atoms with E-state index in [2.05, 4.69) is 25.3 Å². The van der Waals surface area contributed by atoms with Crippen LogP contribution in [-0.2, 0) is 19.8 Å². The molecular weight excluding hydrogens is 520 g/mol. The third-order valence-electron chi connectivity index (χ3n) is 6.19. The number of anilines is 4. The number of hydrogen-bond donors (Lipinski definition) is 4. The van der Waals surface area contributed by atoms with Crippen molar-refractivity contribution in [1.29, 1.82) is 4.78 Å². The van der Waals surface area contributed by atoms with Gasteiger partial charge in [-0.05, 0) is 67.8 Å². The number of benzene rings is 3. The summed E-state index contributed by atoms with van der Waals surface area (Å²) < 4.78 is 49.4. The summed E-state index contributed by atoms with van der Waals surface area (Å²) in [6.45, 7) is 2.49. The second-order valence-electron chi connectivity index (χ2n) is 9.12. The molecule has 0 saturated heterocycles. The molecule has 0 saturated carbocycles. The van der Waals surface area contributed by atoms with Gasteiger partial charge in [0.2, 0.25) is 5.95 Å². The summed E-state index contributed by atoms with van der Waals surface area (Å²) in [4.78, 5) is 9.82. The Bertz CT molecular complexity index is 1670. The van der Waals surface area contributed by atoms with Crippen molar-refractivity contribution in [3.63, 3.8) is 0 Å². The molecule has 1 aromatic heterocycles. The van der Waals surface area contributed by atoms with Crippen LogP contribution < -0.4 is 15.4 Å². The van der Waals surface area contributed by atoms with Crippen molar-refractivity contribution < 1.29 is 12.6 Å². The molecule has 0 amide bonds. The molecule has 0 fully saturated rings. The van der Waals surface area contributed by atoms with Crippen LogP contribution in [-0.4, -0.2) is 34.9 Å². The number of nitrogens with zero attached hydrogens (tertiary/aromatic N) is 2. The molecule has 5 rings (SSSR count). The molecule has 1 atom stereocenters. The lowest BCUT2D eigenvalue weighted by Crippen LogP contribution is -2.12. The maximum atomic E-state index is 12.9. The first-order valence-electron chi connectivity index (χ1n) is 12.1. The van der Waals surface area contributed by atoms with Gasteiger partial charge in [0.1, 0.15) is 5.82 Å². The van der Waals surface area contributed by atoms with E-state index in [4.69, 9.17) is 4.78 Å². The molecule has 1 aliphatic rings. The van der Waals surface area contributed by atoms with Gasteiger partial charge in [-0.3, -0.25) is 4.72 Å². The Morgan fingerprint density at radius 2 is 1.76 bits per heavy atom. The zero-order chi connectivity index (χ0) is 26.8. The lowest BCUT2D eigenvalue weighted by atomic mass is 10.1. The minimum Gasteiger partial charge on any atom is -0.369 e. The number of aromatic nitrogens is 2. The predicted octanol–water partition coefficient (Wildman–Crippen LogP) is 5.61. The Kier molecular flexibility index (Phi) is 7.04. The van der Waals surface area contributed by atoms with Crippen molar-refractivity contribution in [1.82, 2.24) is 9.97 Å². The van der Waals surface area contributed by atoms with Gasteiger partial charge in [-0.2, -0.15) is 4.98 Å². The van der Waals surface area contributed by atoms with Crippen LogP contribution in [0.3, 0.4) is 0 Å². The summed E-state index contributed by atoms with van der Waals surface area (Å²) in [7, 11) is -6.58. The lowest BCUT2D eigenvalue weighted by molar-refractivity contribution is 0.601. The third kappa shape index (κ3) is 5.79. The van der Waals surface area contributed by atoms with Gasteiger partial charge in [0.25, 0.3) is 10.0 Å². The smallest absolute Gasteiger partial charge is 0.261 e. The Labute approximate surface area is 222 Å². The van der Waals surface area contributed by atoms with Gasteiger partial charge >= 0.3 is 0 Å². The molecule has 1 unspecified atom stereocenters. The fraction of sp³-hybridized carbons (Fsp3) is 0.185.